The van der Waals surface area contributed by atoms with E-state index in [0.29, 0.717) is 0 Å². The summed E-state index contributed by atoms with van der Waals surface area (Å²) in [6, 6.07) is 4.02. The molecule has 78 valence electrons. The molecule has 0 aliphatic rings. The van der Waals surface area contributed by atoms with Crippen LogP contribution in [0.15, 0.2) is 31.4 Å². The highest BCUT2D eigenvalue weighted by Crippen LogP contribution is 2.30. The van der Waals surface area contributed by atoms with Gasteiger partial charge in [-0.1, -0.05) is 0 Å². The number of halogens is 1. The number of rotatable bonds is 2. The van der Waals surface area contributed by atoms with Crippen molar-refractivity contribution >= 4 is 39.0 Å². The Balaban J connectivity index is 2.21. The van der Waals surface area contributed by atoms with Crippen LogP contribution in [0.2, 0.25) is 0 Å². The van der Waals surface area contributed by atoms with Crippen molar-refractivity contribution in [3.05, 3.63) is 33.4 Å². The number of pyridine rings is 1. The predicted molar refractivity (Wildman–Crippen MR) is 67.6 cm³/mol. The Morgan fingerprint density at radius 1 is 1.27 bits per heavy atom. The molecule has 0 aromatic carbocycles. The molecule has 2 heterocycles. The fourth-order valence-electron chi connectivity index (χ4n) is 1.05. The molecule has 0 aliphatic heterocycles. The van der Waals surface area contributed by atoms with Crippen LogP contribution in [0, 0.1) is 13.8 Å². The van der Waals surface area contributed by atoms with E-state index in [1.165, 1.54) is 0 Å². The molecule has 0 spiro atoms. The SMILES string of the molecule is Cc1csc(Sc2ccc(Br)c(C)n2)n1. The van der Waals surface area contributed by atoms with Crippen molar-refractivity contribution in [1.82, 2.24) is 9.97 Å². The van der Waals surface area contributed by atoms with Gasteiger partial charge in [-0.2, -0.15) is 0 Å². The van der Waals surface area contributed by atoms with Crippen LogP contribution in [0.4, 0.5) is 0 Å². The van der Waals surface area contributed by atoms with Gasteiger partial charge in [0.15, 0.2) is 4.34 Å². The third-order valence-electron chi connectivity index (χ3n) is 1.79. The Morgan fingerprint density at radius 2 is 2.07 bits per heavy atom. The number of nitrogens with zero attached hydrogens (tertiary/aromatic N) is 2. The van der Waals surface area contributed by atoms with Crippen molar-refractivity contribution in [2.75, 3.05) is 0 Å². The van der Waals surface area contributed by atoms with Gasteiger partial charge in [-0.15, -0.1) is 11.3 Å². The maximum Gasteiger partial charge on any atom is 0.156 e. The van der Waals surface area contributed by atoms with Gasteiger partial charge in [0.05, 0.1) is 5.69 Å². The molecule has 2 aromatic rings. The minimum Gasteiger partial charge on any atom is -0.245 e. The van der Waals surface area contributed by atoms with Crippen LogP contribution in [0.5, 0.6) is 0 Å². The van der Waals surface area contributed by atoms with Crippen LogP contribution >= 0.6 is 39.0 Å². The Labute approximate surface area is 105 Å². The first-order valence-corrected chi connectivity index (χ1v) is 6.87. The van der Waals surface area contributed by atoms with Crippen LogP contribution in [0.3, 0.4) is 0 Å². The first kappa shape index (κ1) is 11.1. The molecule has 0 N–H and O–H groups in total. The summed E-state index contributed by atoms with van der Waals surface area (Å²) in [7, 11) is 0. The monoisotopic (exact) mass is 300 g/mol. The van der Waals surface area contributed by atoms with E-state index < -0.39 is 0 Å². The van der Waals surface area contributed by atoms with Gasteiger partial charge in [-0.25, -0.2) is 9.97 Å². The lowest BCUT2D eigenvalue weighted by atomic mass is 10.4. The summed E-state index contributed by atoms with van der Waals surface area (Å²) in [6.45, 7) is 3.99. The summed E-state index contributed by atoms with van der Waals surface area (Å²) in [5.41, 5.74) is 2.07. The normalized spacial score (nSPS) is 10.6. The molecule has 2 rings (SSSR count). The smallest absolute Gasteiger partial charge is 0.156 e. The van der Waals surface area contributed by atoms with Gasteiger partial charge in [0, 0.05) is 15.5 Å². The lowest BCUT2D eigenvalue weighted by molar-refractivity contribution is 1.05. The summed E-state index contributed by atoms with van der Waals surface area (Å²) in [5.74, 6) is 0. The maximum atomic E-state index is 4.46. The fourth-order valence-corrected chi connectivity index (χ4v) is 3.07. The number of aromatic nitrogens is 2. The van der Waals surface area contributed by atoms with E-state index >= 15 is 0 Å². The lowest BCUT2D eigenvalue weighted by Crippen LogP contribution is -1.85. The zero-order valence-electron chi connectivity index (χ0n) is 8.32. The van der Waals surface area contributed by atoms with Crippen molar-refractivity contribution in [1.29, 1.82) is 0 Å². The Morgan fingerprint density at radius 3 is 2.67 bits per heavy atom. The van der Waals surface area contributed by atoms with Crippen molar-refractivity contribution in [3.8, 4) is 0 Å². The average Bonchev–Trinajstić information content (AvgIpc) is 2.58. The summed E-state index contributed by atoms with van der Waals surface area (Å²) in [4.78, 5) is 8.85. The first-order chi connectivity index (χ1) is 7.15. The zero-order valence-corrected chi connectivity index (χ0v) is 11.5. The van der Waals surface area contributed by atoms with Gasteiger partial charge in [0.1, 0.15) is 5.03 Å². The molecular weight excluding hydrogens is 292 g/mol. The number of thiazole rings is 1. The van der Waals surface area contributed by atoms with Crippen LogP contribution in [-0.2, 0) is 0 Å². The molecular formula is C10H9BrN2S2. The molecule has 0 saturated heterocycles. The van der Waals surface area contributed by atoms with Crippen LogP contribution in [0.25, 0.3) is 0 Å². The van der Waals surface area contributed by atoms with E-state index in [0.717, 1.165) is 25.2 Å². The molecule has 0 radical (unpaired) electrons. The number of hydrogen-bond donors (Lipinski definition) is 0. The van der Waals surface area contributed by atoms with Crippen molar-refractivity contribution < 1.29 is 0 Å². The van der Waals surface area contributed by atoms with Crippen molar-refractivity contribution in [2.45, 2.75) is 23.2 Å². The molecule has 0 fully saturated rings. The quantitative estimate of drug-likeness (QED) is 0.836. The van der Waals surface area contributed by atoms with Crippen LogP contribution < -0.4 is 0 Å². The molecule has 2 aromatic heterocycles. The Kier molecular flexibility index (Phi) is 3.43. The molecule has 0 atom stereocenters. The van der Waals surface area contributed by atoms with E-state index in [2.05, 4.69) is 25.9 Å². The zero-order chi connectivity index (χ0) is 10.8. The average molecular weight is 301 g/mol. The van der Waals surface area contributed by atoms with E-state index in [9.17, 15) is 0 Å². The van der Waals surface area contributed by atoms with E-state index in [-0.39, 0.29) is 0 Å². The van der Waals surface area contributed by atoms with Crippen molar-refractivity contribution in [3.63, 3.8) is 0 Å². The topological polar surface area (TPSA) is 25.8 Å². The van der Waals surface area contributed by atoms with Gasteiger partial charge in [0.2, 0.25) is 0 Å². The molecule has 0 bridgehead atoms. The second-order valence-corrected chi connectivity index (χ2v) is 6.05. The molecule has 0 amide bonds. The second-order valence-electron chi connectivity index (χ2n) is 3.07. The van der Waals surface area contributed by atoms with Gasteiger partial charge < -0.3 is 0 Å². The highest BCUT2D eigenvalue weighted by molar-refractivity contribution is 9.10. The second kappa shape index (κ2) is 4.63. The van der Waals surface area contributed by atoms with E-state index in [1.807, 2.05) is 31.4 Å². The minimum atomic E-state index is 0.991. The predicted octanol–water partition coefficient (Wildman–Crippen LogP) is 4.07. The maximum absolute atomic E-state index is 4.46. The summed E-state index contributed by atoms with van der Waals surface area (Å²) >= 11 is 6.70. The highest BCUT2D eigenvalue weighted by Gasteiger charge is 2.04. The van der Waals surface area contributed by atoms with Crippen LogP contribution in [-0.4, -0.2) is 9.97 Å². The summed E-state index contributed by atoms with van der Waals surface area (Å²) in [6.07, 6.45) is 0. The van der Waals surface area contributed by atoms with E-state index in [1.54, 1.807) is 23.1 Å². The fraction of sp³-hybridized carbons (Fsp3) is 0.200. The molecule has 0 aliphatic carbocycles. The summed E-state index contributed by atoms with van der Waals surface area (Å²) < 4.78 is 2.09. The molecule has 0 unspecified atom stereocenters. The Bertz CT molecular complexity index is 482. The number of aryl methyl sites for hydroxylation is 2. The van der Waals surface area contributed by atoms with Gasteiger partial charge in [-0.05, 0) is 53.7 Å². The van der Waals surface area contributed by atoms with Gasteiger partial charge >= 0.3 is 0 Å². The molecule has 15 heavy (non-hydrogen) atoms. The largest absolute Gasteiger partial charge is 0.245 e. The summed E-state index contributed by atoms with van der Waals surface area (Å²) in [5, 5.41) is 3.04. The molecule has 2 nitrogen and oxygen atoms in total. The van der Waals surface area contributed by atoms with E-state index in [4.69, 9.17) is 0 Å². The lowest BCUT2D eigenvalue weighted by Gasteiger charge is -2.00. The number of hydrogen-bond acceptors (Lipinski definition) is 4. The first-order valence-electron chi connectivity index (χ1n) is 4.38. The molecule has 0 saturated carbocycles. The molecule has 5 heteroatoms. The van der Waals surface area contributed by atoms with Gasteiger partial charge in [0.25, 0.3) is 0 Å². The highest BCUT2D eigenvalue weighted by atomic mass is 79.9. The van der Waals surface area contributed by atoms with Crippen LogP contribution in [0.1, 0.15) is 11.4 Å². The third kappa shape index (κ3) is 2.80. The van der Waals surface area contributed by atoms with Crippen molar-refractivity contribution in [2.24, 2.45) is 0 Å². The van der Waals surface area contributed by atoms with Gasteiger partial charge in [-0.3, -0.25) is 0 Å². The third-order valence-corrected chi connectivity index (χ3v) is 4.62. The minimum absolute atomic E-state index is 0.991. The standard InChI is InChI=1S/C10H9BrN2S2/c1-6-5-14-10(12-6)15-9-4-3-8(11)7(2)13-9/h3-5H,1-2H3. The Hall–Kier alpha value is -0.390.